The first-order chi connectivity index (χ1) is 9.49. The molecule has 1 N–H and O–H groups in total. The smallest absolute Gasteiger partial charge is 0.256 e. The van der Waals surface area contributed by atoms with Crippen LogP contribution in [0.3, 0.4) is 0 Å². The maximum atomic E-state index is 11.9. The fraction of sp³-hybridized carbons (Fsp3) is 0.143. The molecule has 2 heterocycles. The Hall–Kier alpha value is -2.76. The Kier molecular flexibility index (Phi) is 3.74. The Bertz CT molecular complexity index is 686. The molecule has 20 heavy (non-hydrogen) atoms. The van der Waals surface area contributed by atoms with Crippen LogP contribution in [0.1, 0.15) is 6.92 Å². The van der Waals surface area contributed by atoms with Crippen molar-refractivity contribution in [3.8, 4) is 11.5 Å². The molecule has 0 aliphatic rings. The Morgan fingerprint density at radius 2 is 2.10 bits per heavy atom. The Morgan fingerprint density at radius 1 is 1.35 bits per heavy atom. The number of pyridine rings is 1. The molecule has 0 saturated carbocycles. The van der Waals surface area contributed by atoms with E-state index < -0.39 is 0 Å². The standard InChI is InChI=1S/C14H15N5O/c1-9(2)10(3)14(20)17-12-7-5-6-11(16-12)13-18-15-8-19(13)4/h5-8H,1,3H2,2,4H3,(H,16,17,20). The van der Waals surface area contributed by atoms with E-state index in [2.05, 4.69) is 33.7 Å². The van der Waals surface area contributed by atoms with E-state index >= 15 is 0 Å². The van der Waals surface area contributed by atoms with Crippen LogP contribution in [-0.2, 0) is 11.8 Å². The van der Waals surface area contributed by atoms with Gasteiger partial charge < -0.3 is 9.88 Å². The van der Waals surface area contributed by atoms with E-state index in [0.29, 0.717) is 28.5 Å². The summed E-state index contributed by atoms with van der Waals surface area (Å²) < 4.78 is 1.75. The summed E-state index contributed by atoms with van der Waals surface area (Å²) >= 11 is 0. The second-order valence-electron chi connectivity index (χ2n) is 4.39. The number of hydrogen-bond acceptors (Lipinski definition) is 4. The lowest BCUT2D eigenvalue weighted by atomic mass is 10.1. The van der Waals surface area contributed by atoms with Gasteiger partial charge in [0.25, 0.3) is 5.91 Å². The van der Waals surface area contributed by atoms with Crippen LogP contribution < -0.4 is 5.32 Å². The zero-order valence-electron chi connectivity index (χ0n) is 11.4. The molecule has 2 aromatic heterocycles. The first-order valence-electron chi connectivity index (χ1n) is 5.96. The molecule has 0 saturated heterocycles. The minimum Gasteiger partial charge on any atom is -0.315 e. The van der Waals surface area contributed by atoms with Gasteiger partial charge in [0, 0.05) is 12.6 Å². The number of aryl methyl sites for hydroxylation is 1. The monoisotopic (exact) mass is 269 g/mol. The highest BCUT2D eigenvalue weighted by atomic mass is 16.1. The number of hydrogen-bond donors (Lipinski definition) is 1. The summed E-state index contributed by atoms with van der Waals surface area (Å²) in [6, 6.07) is 5.28. The molecule has 0 aliphatic carbocycles. The van der Waals surface area contributed by atoms with Gasteiger partial charge in [-0.2, -0.15) is 0 Å². The maximum absolute atomic E-state index is 11.9. The minimum absolute atomic E-state index is 0.319. The van der Waals surface area contributed by atoms with Crippen LogP contribution in [0.4, 0.5) is 5.82 Å². The number of rotatable bonds is 4. The molecular formula is C14H15N5O. The Labute approximate surface area is 116 Å². The summed E-state index contributed by atoms with van der Waals surface area (Å²) in [5.74, 6) is 0.734. The number of anilines is 1. The molecule has 0 atom stereocenters. The summed E-state index contributed by atoms with van der Waals surface area (Å²) in [7, 11) is 1.82. The number of carbonyl (C=O) groups excluding carboxylic acids is 1. The molecule has 0 unspecified atom stereocenters. The zero-order valence-corrected chi connectivity index (χ0v) is 11.4. The molecule has 6 nitrogen and oxygen atoms in total. The van der Waals surface area contributed by atoms with Crippen molar-refractivity contribution in [3.05, 3.63) is 48.8 Å². The summed E-state index contributed by atoms with van der Waals surface area (Å²) in [6.45, 7) is 9.08. The molecule has 0 radical (unpaired) electrons. The van der Waals surface area contributed by atoms with E-state index in [1.807, 2.05) is 7.05 Å². The van der Waals surface area contributed by atoms with Crippen molar-refractivity contribution in [2.45, 2.75) is 6.92 Å². The van der Waals surface area contributed by atoms with Crippen molar-refractivity contribution in [3.63, 3.8) is 0 Å². The van der Waals surface area contributed by atoms with Crippen LogP contribution in [0.15, 0.2) is 48.8 Å². The van der Waals surface area contributed by atoms with Gasteiger partial charge in [0.1, 0.15) is 17.8 Å². The van der Waals surface area contributed by atoms with E-state index in [1.165, 1.54) is 0 Å². The minimum atomic E-state index is -0.319. The summed E-state index contributed by atoms with van der Waals surface area (Å²) in [4.78, 5) is 16.2. The quantitative estimate of drug-likeness (QED) is 0.680. The number of aromatic nitrogens is 4. The van der Waals surface area contributed by atoms with Crippen LogP contribution in [-0.4, -0.2) is 25.7 Å². The maximum Gasteiger partial charge on any atom is 0.256 e. The van der Waals surface area contributed by atoms with Crippen molar-refractivity contribution in [1.82, 2.24) is 19.7 Å². The van der Waals surface area contributed by atoms with Gasteiger partial charge in [-0.05, 0) is 24.6 Å². The molecule has 0 spiro atoms. The highest BCUT2D eigenvalue weighted by Gasteiger charge is 2.11. The third-order valence-corrected chi connectivity index (χ3v) is 2.72. The lowest BCUT2D eigenvalue weighted by Crippen LogP contribution is -2.15. The van der Waals surface area contributed by atoms with Gasteiger partial charge in [-0.15, -0.1) is 10.2 Å². The van der Waals surface area contributed by atoms with Crippen molar-refractivity contribution in [2.75, 3.05) is 5.32 Å². The van der Waals surface area contributed by atoms with E-state index in [4.69, 9.17) is 0 Å². The number of nitrogens with one attached hydrogen (secondary N) is 1. The summed E-state index contributed by atoms with van der Waals surface area (Å²) in [5, 5.41) is 10.5. The molecule has 2 rings (SSSR count). The summed E-state index contributed by atoms with van der Waals surface area (Å²) in [5.41, 5.74) is 1.58. The lowest BCUT2D eigenvalue weighted by molar-refractivity contribution is -0.112. The average molecular weight is 269 g/mol. The highest BCUT2D eigenvalue weighted by Crippen LogP contribution is 2.16. The molecule has 6 heteroatoms. The number of amides is 1. The van der Waals surface area contributed by atoms with E-state index in [9.17, 15) is 4.79 Å². The number of nitrogens with zero attached hydrogens (tertiary/aromatic N) is 4. The Balaban J connectivity index is 2.23. The number of carbonyl (C=O) groups is 1. The van der Waals surface area contributed by atoms with E-state index in [1.54, 1.807) is 36.0 Å². The Morgan fingerprint density at radius 3 is 2.70 bits per heavy atom. The molecule has 0 aliphatic heterocycles. The second-order valence-corrected chi connectivity index (χ2v) is 4.39. The van der Waals surface area contributed by atoms with Crippen LogP contribution in [0.2, 0.25) is 0 Å². The topological polar surface area (TPSA) is 72.7 Å². The van der Waals surface area contributed by atoms with Crippen LogP contribution >= 0.6 is 0 Å². The van der Waals surface area contributed by atoms with Crippen molar-refractivity contribution >= 4 is 11.7 Å². The van der Waals surface area contributed by atoms with Crippen molar-refractivity contribution in [1.29, 1.82) is 0 Å². The lowest BCUT2D eigenvalue weighted by Gasteiger charge is -2.07. The fourth-order valence-corrected chi connectivity index (χ4v) is 1.53. The van der Waals surface area contributed by atoms with Gasteiger partial charge in [0.15, 0.2) is 5.82 Å². The summed E-state index contributed by atoms with van der Waals surface area (Å²) in [6.07, 6.45) is 1.59. The van der Waals surface area contributed by atoms with Gasteiger partial charge in [0.2, 0.25) is 0 Å². The average Bonchev–Trinajstić information content (AvgIpc) is 2.84. The first-order valence-corrected chi connectivity index (χ1v) is 5.96. The highest BCUT2D eigenvalue weighted by molar-refractivity contribution is 6.05. The molecule has 0 aromatic carbocycles. The zero-order chi connectivity index (χ0) is 14.7. The molecule has 1 amide bonds. The van der Waals surface area contributed by atoms with Crippen LogP contribution in [0.25, 0.3) is 11.5 Å². The molecule has 102 valence electrons. The fourth-order valence-electron chi connectivity index (χ4n) is 1.53. The van der Waals surface area contributed by atoms with Crippen molar-refractivity contribution < 1.29 is 4.79 Å². The van der Waals surface area contributed by atoms with E-state index in [0.717, 1.165) is 0 Å². The second kappa shape index (κ2) is 5.48. The molecule has 0 fully saturated rings. The largest absolute Gasteiger partial charge is 0.315 e. The molecular weight excluding hydrogens is 254 g/mol. The normalized spacial score (nSPS) is 10.1. The predicted octanol–water partition coefficient (Wildman–Crippen LogP) is 1.95. The van der Waals surface area contributed by atoms with Gasteiger partial charge >= 0.3 is 0 Å². The van der Waals surface area contributed by atoms with Crippen LogP contribution in [0.5, 0.6) is 0 Å². The van der Waals surface area contributed by atoms with Gasteiger partial charge in [-0.3, -0.25) is 4.79 Å². The van der Waals surface area contributed by atoms with E-state index in [-0.39, 0.29) is 5.91 Å². The molecule has 2 aromatic rings. The van der Waals surface area contributed by atoms with Gasteiger partial charge in [-0.25, -0.2) is 4.98 Å². The van der Waals surface area contributed by atoms with Crippen molar-refractivity contribution in [2.24, 2.45) is 7.05 Å². The predicted molar refractivity (Wildman–Crippen MR) is 76.8 cm³/mol. The molecule has 0 bridgehead atoms. The van der Waals surface area contributed by atoms with Gasteiger partial charge in [0.05, 0.1) is 0 Å². The SMILES string of the molecule is C=C(C)C(=C)C(=O)Nc1cccc(-c2nncn2C)n1. The first kappa shape index (κ1) is 13.7. The van der Waals surface area contributed by atoms with Crippen LogP contribution in [0, 0.1) is 0 Å². The third-order valence-electron chi connectivity index (χ3n) is 2.72. The van der Waals surface area contributed by atoms with Gasteiger partial charge in [-0.1, -0.05) is 19.2 Å². The third kappa shape index (κ3) is 2.80.